The van der Waals surface area contributed by atoms with Crippen molar-refractivity contribution >= 4 is 17.9 Å². The minimum absolute atomic E-state index is 0.260. The predicted molar refractivity (Wildman–Crippen MR) is 68.3 cm³/mol. The zero-order valence-corrected chi connectivity index (χ0v) is 11.1. The van der Waals surface area contributed by atoms with Gasteiger partial charge >= 0.3 is 0 Å². The summed E-state index contributed by atoms with van der Waals surface area (Å²) < 4.78 is 1.43. The Morgan fingerprint density at radius 2 is 2.11 bits per heavy atom. The molecule has 0 aliphatic heterocycles. The van der Waals surface area contributed by atoms with Gasteiger partial charge in [0.25, 0.3) is 0 Å². The van der Waals surface area contributed by atoms with Crippen LogP contribution >= 0.6 is 11.6 Å². The molecule has 0 radical (unpaired) electrons. The maximum atomic E-state index is 11.2. The van der Waals surface area contributed by atoms with Crippen molar-refractivity contribution in [1.82, 2.24) is 20.0 Å². The first-order valence-corrected chi connectivity index (χ1v) is 5.85. The summed E-state index contributed by atoms with van der Waals surface area (Å²) in [5.41, 5.74) is 0.774. The van der Waals surface area contributed by atoms with Crippen LogP contribution in [-0.4, -0.2) is 26.3 Å². The largest absolute Gasteiger partial charge is 0.298 e. The van der Waals surface area contributed by atoms with E-state index in [1.165, 1.54) is 4.68 Å². The summed E-state index contributed by atoms with van der Waals surface area (Å²) in [6.45, 7) is 5.92. The van der Waals surface area contributed by atoms with Crippen LogP contribution < -0.4 is 0 Å². The lowest BCUT2D eigenvalue weighted by Gasteiger charge is -2.15. The van der Waals surface area contributed by atoms with Crippen LogP contribution in [0, 0.1) is 0 Å². The lowest BCUT2D eigenvalue weighted by molar-refractivity contribution is 0.112. The number of carbonyl (C=O) groups is 1. The van der Waals surface area contributed by atoms with Crippen molar-refractivity contribution in [3.8, 4) is 5.82 Å². The first-order chi connectivity index (χ1) is 8.45. The minimum Gasteiger partial charge on any atom is -0.298 e. The number of halogens is 1. The SMILES string of the molecule is CC(C)(C)c1nn(-c2cccnn2)c(Cl)c1C=O. The minimum atomic E-state index is -0.270. The van der Waals surface area contributed by atoms with Gasteiger partial charge in [-0.05, 0) is 12.1 Å². The summed E-state index contributed by atoms with van der Waals surface area (Å²) in [6.07, 6.45) is 2.29. The maximum Gasteiger partial charge on any atom is 0.177 e. The Labute approximate surface area is 110 Å². The second kappa shape index (κ2) is 4.49. The van der Waals surface area contributed by atoms with E-state index in [0.29, 0.717) is 17.1 Å². The zero-order chi connectivity index (χ0) is 13.3. The third-order valence-electron chi connectivity index (χ3n) is 2.47. The predicted octanol–water partition coefficient (Wildman–Crippen LogP) is 2.43. The summed E-state index contributed by atoms with van der Waals surface area (Å²) in [4.78, 5) is 11.2. The van der Waals surface area contributed by atoms with E-state index in [9.17, 15) is 4.79 Å². The summed E-state index contributed by atoms with van der Waals surface area (Å²) in [6, 6.07) is 3.46. The van der Waals surface area contributed by atoms with Crippen LogP contribution in [0.2, 0.25) is 5.15 Å². The number of hydrogen-bond acceptors (Lipinski definition) is 4. The Bertz CT molecular complexity index is 572. The summed E-state index contributed by atoms with van der Waals surface area (Å²) in [5.74, 6) is 0.487. The van der Waals surface area contributed by atoms with Crippen molar-refractivity contribution < 1.29 is 4.79 Å². The fraction of sp³-hybridized carbons (Fsp3) is 0.333. The van der Waals surface area contributed by atoms with Gasteiger partial charge in [-0.2, -0.15) is 10.2 Å². The van der Waals surface area contributed by atoms with Gasteiger partial charge in [0.1, 0.15) is 5.15 Å². The summed E-state index contributed by atoms with van der Waals surface area (Å²) in [5, 5.41) is 12.3. The van der Waals surface area contributed by atoms with E-state index in [1.807, 2.05) is 20.8 Å². The normalized spacial score (nSPS) is 11.6. The van der Waals surface area contributed by atoms with E-state index >= 15 is 0 Å². The number of nitrogens with zero attached hydrogens (tertiary/aromatic N) is 4. The van der Waals surface area contributed by atoms with E-state index in [4.69, 9.17) is 11.6 Å². The molecule has 5 nitrogen and oxygen atoms in total. The van der Waals surface area contributed by atoms with Gasteiger partial charge in [0, 0.05) is 11.6 Å². The highest BCUT2D eigenvalue weighted by Crippen LogP contribution is 2.29. The molecular formula is C12H13ClN4O. The highest BCUT2D eigenvalue weighted by Gasteiger charge is 2.26. The standard InChI is InChI=1S/C12H13ClN4O/c1-12(2,3)10-8(7-18)11(13)17(16-10)9-5-4-6-14-15-9/h4-7H,1-3H3. The van der Waals surface area contributed by atoms with Crippen molar-refractivity contribution in [1.29, 1.82) is 0 Å². The topological polar surface area (TPSA) is 60.7 Å². The molecule has 2 aromatic rings. The zero-order valence-electron chi connectivity index (χ0n) is 10.4. The average molecular weight is 265 g/mol. The van der Waals surface area contributed by atoms with Gasteiger partial charge in [0.2, 0.25) is 0 Å². The van der Waals surface area contributed by atoms with Gasteiger partial charge in [0.15, 0.2) is 12.1 Å². The van der Waals surface area contributed by atoms with Gasteiger partial charge in [-0.25, -0.2) is 4.68 Å². The third-order valence-corrected chi connectivity index (χ3v) is 2.83. The van der Waals surface area contributed by atoms with Crippen molar-refractivity contribution in [3.05, 3.63) is 34.7 Å². The van der Waals surface area contributed by atoms with E-state index in [1.54, 1.807) is 18.3 Å². The fourth-order valence-corrected chi connectivity index (χ4v) is 1.88. The monoisotopic (exact) mass is 264 g/mol. The first-order valence-electron chi connectivity index (χ1n) is 5.47. The Hall–Kier alpha value is -1.75. The van der Waals surface area contributed by atoms with Crippen LogP contribution in [0.25, 0.3) is 5.82 Å². The van der Waals surface area contributed by atoms with E-state index in [0.717, 1.165) is 6.29 Å². The molecule has 94 valence electrons. The highest BCUT2D eigenvalue weighted by molar-refractivity contribution is 6.32. The molecule has 0 bridgehead atoms. The Kier molecular flexibility index (Phi) is 3.17. The number of carbonyl (C=O) groups excluding carboxylic acids is 1. The molecule has 6 heteroatoms. The molecule has 0 amide bonds. The van der Waals surface area contributed by atoms with Crippen LogP contribution in [0.15, 0.2) is 18.3 Å². The number of hydrogen-bond donors (Lipinski definition) is 0. The van der Waals surface area contributed by atoms with Gasteiger partial charge in [-0.15, -0.1) is 5.10 Å². The molecule has 0 N–H and O–H groups in total. The molecule has 0 unspecified atom stereocenters. The lowest BCUT2D eigenvalue weighted by Crippen LogP contribution is -2.14. The van der Waals surface area contributed by atoms with Crippen molar-refractivity contribution in [2.75, 3.05) is 0 Å². The van der Waals surface area contributed by atoms with E-state index < -0.39 is 0 Å². The molecule has 2 aromatic heterocycles. The quantitative estimate of drug-likeness (QED) is 0.782. The van der Waals surface area contributed by atoms with Gasteiger partial charge in [-0.1, -0.05) is 32.4 Å². The second-order valence-electron chi connectivity index (χ2n) is 4.91. The van der Waals surface area contributed by atoms with Crippen LogP contribution in [0.4, 0.5) is 0 Å². The molecule has 0 aromatic carbocycles. The smallest absolute Gasteiger partial charge is 0.177 e. The molecule has 0 atom stereocenters. The molecule has 0 spiro atoms. The van der Waals surface area contributed by atoms with Crippen molar-refractivity contribution in [2.45, 2.75) is 26.2 Å². The lowest BCUT2D eigenvalue weighted by atomic mass is 9.90. The van der Waals surface area contributed by atoms with Gasteiger partial charge in [0.05, 0.1) is 11.3 Å². The second-order valence-corrected chi connectivity index (χ2v) is 5.27. The number of aldehydes is 1. The highest BCUT2D eigenvalue weighted by atomic mass is 35.5. The average Bonchev–Trinajstić information content (AvgIpc) is 2.67. The number of aromatic nitrogens is 4. The van der Waals surface area contributed by atoms with E-state index in [-0.39, 0.29) is 10.6 Å². The van der Waals surface area contributed by atoms with Crippen LogP contribution in [-0.2, 0) is 5.41 Å². The molecule has 2 heterocycles. The van der Waals surface area contributed by atoms with Crippen LogP contribution in [0.5, 0.6) is 0 Å². The van der Waals surface area contributed by atoms with Crippen LogP contribution in [0.3, 0.4) is 0 Å². The molecule has 2 rings (SSSR count). The van der Waals surface area contributed by atoms with Crippen molar-refractivity contribution in [3.63, 3.8) is 0 Å². The fourth-order valence-electron chi connectivity index (χ4n) is 1.63. The van der Waals surface area contributed by atoms with Gasteiger partial charge < -0.3 is 0 Å². The third kappa shape index (κ3) is 2.13. The molecule has 0 aliphatic rings. The molecule has 18 heavy (non-hydrogen) atoms. The summed E-state index contributed by atoms with van der Waals surface area (Å²) >= 11 is 6.17. The van der Waals surface area contributed by atoms with Gasteiger partial charge in [-0.3, -0.25) is 4.79 Å². The van der Waals surface area contributed by atoms with Crippen molar-refractivity contribution in [2.24, 2.45) is 0 Å². The Balaban J connectivity index is 2.65. The first kappa shape index (κ1) is 12.7. The molecule has 0 saturated heterocycles. The summed E-state index contributed by atoms with van der Waals surface area (Å²) in [7, 11) is 0. The number of rotatable bonds is 2. The molecule has 0 saturated carbocycles. The maximum absolute atomic E-state index is 11.2. The molecule has 0 aliphatic carbocycles. The molecular weight excluding hydrogens is 252 g/mol. The Morgan fingerprint density at radius 1 is 1.39 bits per heavy atom. The molecule has 0 fully saturated rings. The van der Waals surface area contributed by atoms with E-state index in [2.05, 4.69) is 15.3 Å². The van der Waals surface area contributed by atoms with Crippen LogP contribution in [0.1, 0.15) is 36.8 Å². The Morgan fingerprint density at radius 3 is 2.56 bits per heavy atom.